The Hall–Kier alpha value is -5.63. The fourth-order valence-electron chi connectivity index (χ4n) is 8.20. The number of benzene rings is 6. The predicted molar refractivity (Wildman–Crippen MR) is 371 cm³/mol. The van der Waals surface area contributed by atoms with Crippen molar-refractivity contribution in [3.05, 3.63) is 177 Å². The van der Waals surface area contributed by atoms with Gasteiger partial charge in [-0.2, -0.15) is 0 Å². The number of hydrogen-bond donors (Lipinski definition) is 1. The van der Waals surface area contributed by atoms with Crippen LogP contribution < -0.4 is 9.80 Å². The van der Waals surface area contributed by atoms with Crippen LogP contribution in [0.1, 0.15) is 76.6 Å². The first-order valence-electron chi connectivity index (χ1n) is 29.1. The van der Waals surface area contributed by atoms with Crippen LogP contribution in [0.2, 0.25) is 77.1 Å². The summed E-state index contributed by atoms with van der Waals surface area (Å²) in [6, 6.07) is 52.6. The van der Waals surface area contributed by atoms with Crippen LogP contribution in [0.15, 0.2) is 155 Å². The molecule has 0 radical (unpaired) electrons. The van der Waals surface area contributed by atoms with Crippen molar-refractivity contribution in [3.8, 4) is 0 Å². The molecule has 0 saturated heterocycles. The number of anilines is 6. The molecule has 6 aromatic rings. The summed E-state index contributed by atoms with van der Waals surface area (Å²) in [5.41, 5.74) is 10.5. The summed E-state index contributed by atoms with van der Waals surface area (Å²) < 4.78 is 23.0. The Balaban J connectivity index is 0.000000518. The average molecular weight is 1340 g/mol. The van der Waals surface area contributed by atoms with Crippen LogP contribution in [0.25, 0.3) is 0 Å². The van der Waals surface area contributed by atoms with Gasteiger partial charge in [0.15, 0.2) is 0 Å². The van der Waals surface area contributed by atoms with E-state index in [1.807, 2.05) is 62.4 Å². The van der Waals surface area contributed by atoms with Crippen molar-refractivity contribution in [1.82, 2.24) is 0 Å². The van der Waals surface area contributed by atoms with Crippen molar-refractivity contribution in [2.75, 3.05) is 42.8 Å². The van der Waals surface area contributed by atoms with Gasteiger partial charge in [0.05, 0.1) is 26.4 Å². The Morgan fingerprint density at radius 3 is 0.765 bits per heavy atom. The Bertz CT molecular complexity index is 2730. The zero-order valence-corrected chi connectivity index (χ0v) is 57.2. The molecular formula is C69H98Br2N2O9Si3. The zero-order valence-electron chi connectivity index (χ0n) is 51.0. The van der Waals surface area contributed by atoms with Gasteiger partial charge in [0.2, 0.25) is 0 Å². The molecule has 0 aromatic heterocycles. The highest BCUT2D eigenvalue weighted by molar-refractivity contribution is 9.10. The number of carbonyl (C=O) groups excluding carboxylic acids is 4. The molecule has 0 amide bonds. The molecule has 0 aliphatic heterocycles. The molecule has 0 atom stereocenters. The number of halogens is 2. The van der Waals surface area contributed by atoms with E-state index in [0.717, 1.165) is 83.5 Å². The van der Waals surface area contributed by atoms with E-state index in [2.05, 4.69) is 198 Å². The third-order valence-corrected chi connectivity index (χ3v) is 19.3. The van der Waals surface area contributed by atoms with Crippen LogP contribution in [-0.2, 0) is 63.8 Å². The molecule has 0 fully saturated rings. The van der Waals surface area contributed by atoms with Crippen molar-refractivity contribution < 1.29 is 43.2 Å². The molecule has 0 aliphatic rings. The van der Waals surface area contributed by atoms with Gasteiger partial charge >= 0.3 is 23.9 Å². The molecule has 0 saturated carbocycles. The Morgan fingerprint density at radius 2 is 0.576 bits per heavy atom. The van der Waals surface area contributed by atoms with E-state index >= 15 is 0 Å². The molecule has 6 aromatic carbocycles. The molecule has 0 unspecified atom stereocenters. The summed E-state index contributed by atoms with van der Waals surface area (Å²) in [7, 11) is -3.33. The van der Waals surface area contributed by atoms with Gasteiger partial charge in [-0.25, -0.2) is 0 Å². The minimum Gasteiger partial charge on any atom is -0.466 e. The Labute approximate surface area is 530 Å². The number of ether oxygens (including phenoxy) is 4. The zero-order chi connectivity index (χ0) is 61.0. The predicted octanol–water partition coefficient (Wildman–Crippen LogP) is 19.0. The fourth-order valence-corrected chi connectivity index (χ4v) is 10.8. The second-order valence-corrected chi connectivity index (χ2v) is 42.7. The highest BCUT2D eigenvalue weighted by Crippen LogP contribution is 2.37. The lowest BCUT2D eigenvalue weighted by molar-refractivity contribution is -0.144. The first-order chi connectivity index (χ1) is 39.3. The molecule has 1 N–H and O–H groups in total. The van der Waals surface area contributed by atoms with Crippen molar-refractivity contribution in [2.45, 2.75) is 157 Å². The summed E-state index contributed by atoms with van der Waals surface area (Å²) >= 11 is 7.06. The lowest BCUT2D eigenvalue weighted by Gasteiger charge is -2.26. The van der Waals surface area contributed by atoms with E-state index in [1.54, 1.807) is 0 Å². The maximum Gasteiger partial charge on any atom is 0.306 e. The van der Waals surface area contributed by atoms with Gasteiger partial charge in [0.1, 0.15) is 0 Å². The van der Waals surface area contributed by atoms with Gasteiger partial charge in [-0.1, -0.05) is 154 Å². The van der Waals surface area contributed by atoms with Gasteiger partial charge in [0, 0.05) is 99.6 Å². The summed E-state index contributed by atoms with van der Waals surface area (Å²) in [6.07, 6.45) is 4.11. The number of carbonyl (C=O) groups is 4. The quantitative estimate of drug-likeness (QED) is 0.0286. The number of aliphatic hydroxyl groups is 1. The lowest BCUT2D eigenvalue weighted by atomic mass is 10.1. The molecule has 16 heteroatoms. The topological polar surface area (TPSA) is 132 Å². The highest BCUT2D eigenvalue weighted by atomic mass is 79.9. The molecule has 0 heterocycles. The number of aliphatic hydroxyl groups excluding tert-OH is 1. The number of nitrogens with zero attached hydrogens (tertiary/aromatic N) is 2. The van der Waals surface area contributed by atoms with Gasteiger partial charge < -0.3 is 33.9 Å². The smallest absolute Gasteiger partial charge is 0.306 e. The van der Waals surface area contributed by atoms with Crippen molar-refractivity contribution >= 4 is 114 Å². The van der Waals surface area contributed by atoms with Crippen LogP contribution in [0.3, 0.4) is 0 Å². The number of rotatable bonds is 28. The van der Waals surface area contributed by atoms with Crippen LogP contribution in [0.4, 0.5) is 34.1 Å². The average Bonchev–Trinajstić information content (AvgIpc) is 3.64. The molecule has 0 aliphatic carbocycles. The third-order valence-electron chi connectivity index (χ3n) is 13.1. The number of hydrogen-bond acceptors (Lipinski definition) is 11. The molecule has 11 nitrogen and oxygen atoms in total. The lowest BCUT2D eigenvalue weighted by Crippen LogP contribution is -2.22. The van der Waals surface area contributed by atoms with Crippen LogP contribution >= 0.6 is 31.9 Å². The fraction of sp³-hybridized carbons (Fsp3) is 0.420. The van der Waals surface area contributed by atoms with E-state index in [9.17, 15) is 19.2 Å². The first-order valence-corrected chi connectivity index (χ1v) is 41.8. The SMILES string of the molecule is C.C.CCOC(=O)CCc1ccc(N(c2ccc(Br)cc2)c2ccc(CCC(=O)OCC)cc2)cc1.C[Si](C)(C)CCO.C[Si](C)(C)CCOC(=O)CCc1ccc(N(c2ccc(Br)cc2)c2ccc(CCC(=O)OCC[Si](C)(C)C)cc2)cc1. The summed E-state index contributed by atoms with van der Waals surface area (Å²) in [4.78, 5) is 52.2. The maximum atomic E-state index is 12.2. The molecule has 464 valence electrons. The molecular weight excluding hydrogens is 1240 g/mol. The summed E-state index contributed by atoms with van der Waals surface area (Å²) in [5, 5.41) is 8.44. The van der Waals surface area contributed by atoms with E-state index in [-0.39, 0.29) is 38.7 Å². The van der Waals surface area contributed by atoms with Gasteiger partial charge in [-0.3, -0.25) is 19.2 Å². The van der Waals surface area contributed by atoms with Gasteiger partial charge in [-0.05, 0) is 177 Å². The van der Waals surface area contributed by atoms with E-state index in [0.29, 0.717) is 84.4 Å². The van der Waals surface area contributed by atoms with Crippen LogP contribution in [0.5, 0.6) is 0 Å². The second kappa shape index (κ2) is 38.5. The van der Waals surface area contributed by atoms with Crippen molar-refractivity contribution in [2.24, 2.45) is 0 Å². The number of aryl methyl sites for hydroxylation is 4. The molecule has 6 rings (SSSR count). The first kappa shape index (κ1) is 75.5. The largest absolute Gasteiger partial charge is 0.466 e. The van der Waals surface area contributed by atoms with Crippen LogP contribution in [-0.4, -0.2) is 86.2 Å². The number of esters is 4. The molecule has 0 spiro atoms. The maximum absolute atomic E-state index is 12.2. The van der Waals surface area contributed by atoms with E-state index in [4.69, 9.17) is 24.1 Å². The molecule has 85 heavy (non-hydrogen) atoms. The summed E-state index contributed by atoms with van der Waals surface area (Å²) in [5.74, 6) is -0.611. The summed E-state index contributed by atoms with van der Waals surface area (Å²) in [6.45, 7) is 26.3. The Morgan fingerprint density at radius 1 is 0.365 bits per heavy atom. The van der Waals surface area contributed by atoms with Gasteiger partial charge in [0.25, 0.3) is 0 Å². The van der Waals surface area contributed by atoms with Crippen molar-refractivity contribution in [3.63, 3.8) is 0 Å². The normalized spacial score (nSPS) is 11.0. The third kappa shape index (κ3) is 30.5. The second-order valence-electron chi connectivity index (χ2n) is 24.0. The van der Waals surface area contributed by atoms with Crippen LogP contribution in [0, 0.1) is 0 Å². The highest BCUT2D eigenvalue weighted by Gasteiger charge is 2.18. The minimum atomic E-state index is -1.21. The standard InChI is InChI=1S/C34H46BrNO4Si2.C28H30BrNO4.C5H14OSi.2CH4/c1-41(2,3)25-23-39-33(37)21-11-27-7-15-30(16-8-27)36(32-19-13-29(35)14-20-32)31-17-9-28(10-18-31)12-22-34(38)40-24-26-42(4,5)6;1-3-33-27(31)19-9-21-5-13-24(14-6-21)30(26-17-11-23(29)12-18-26)25-15-7-22(8-16-25)10-20-28(32)34-4-2;1-7(2,3)5-4-6;;/h7-10,13-20H,11-12,21-26H2,1-6H3;5-8,11-18H,3-4,9-10,19-20H2,1-2H3;6H,4-5H2,1-3H3;2*1H4. The molecule has 0 bridgehead atoms. The van der Waals surface area contributed by atoms with E-state index in [1.165, 1.54) is 0 Å². The van der Waals surface area contributed by atoms with Crippen molar-refractivity contribution in [1.29, 1.82) is 0 Å². The van der Waals surface area contributed by atoms with E-state index < -0.39 is 24.2 Å². The monoisotopic (exact) mass is 1340 g/mol. The minimum absolute atomic E-state index is 0. The Kier molecular flexibility index (Phi) is 34.2. The van der Waals surface area contributed by atoms with Gasteiger partial charge in [-0.15, -0.1) is 0 Å².